The van der Waals surface area contributed by atoms with Crippen LogP contribution < -0.4 is 0 Å². The third kappa shape index (κ3) is 6.02. The Kier molecular flexibility index (Phi) is 8.29. The number of phenols is 1. The van der Waals surface area contributed by atoms with E-state index in [1.165, 1.54) is 0 Å². The van der Waals surface area contributed by atoms with Gasteiger partial charge in [-0.3, -0.25) is 4.68 Å². The van der Waals surface area contributed by atoms with Gasteiger partial charge in [0.05, 0.1) is 6.61 Å². The summed E-state index contributed by atoms with van der Waals surface area (Å²) in [6, 6.07) is 17.7. The van der Waals surface area contributed by atoms with Crippen molar-refractivity contribution in [3.63, 3.8) is 0 Å². The second-order valence-electron chi connectivity index (χ2n) is 8.86. The molecule has 0 spiro atoms. The first kappa shape index (κ1) is 24.4. The molecule has 0 unspecified atom stereocenters. The summed E-state index contributed by atoms with van der Waals surface area (Å²) in [5.74, 6) is 1.22. The van der Waals surface area contributed by atoms with Gasteiger partial charge in [0.25, 0.3) is 0 Å². The van der Waals surface area contributed by atoms with Crippen molar-refractivity contribution < 1.29 is 19.7 Å². The number of aliphatic carboxylic acids is 1. The van der Waals surface area contributed by atoms with Gasteiger partial charge in [-0.1, -0.05) is 49.4 Å². The Balaban J connectivity index is 1.59. The molecule has 0 atom stereocenters. The molecule has 0 aliphatic heterocycles. The minimum absolute atomic E-state index is 0.217. The topological polar surface area (TPSA) is 84.6 Å². The van der Waals surface area contributed by atoms with Crippen molar-refractivity contribution in [2.45, 2.75) is 44.2 Å². The molecule has 2 aromatic carbocycles. The lowest BCUT2D eigenvalue weighted by atomic mass is 9.82. The van der Waals surface area contributed by atoms with Crippen LogP contribution in [0.4, 0.5) is 0 Å². The number of phenolic OH excluding ortho intramolecular Hbond substituents is 1. The third-order valence-electron chi connectivity index (χ3n) is 6.35. The highest BCUT2D eigenvalue weighted by Crippen LogP contribution is 2.41. The molecule has 34 heavy (non-hydrogen) atoms. The summed E-state index contributed by atoms with van der Waals surface area (Å²) in [4.78, 5) is 10.7. The van der Waals surface area contributed by atoms with E-state index in [4.69, 9.17) is 14.9 Å². The average Bonchev–Trinajstić information content (AvgIpc) is 3.19. The number of ether oxygens (including phenoxy) is 1. The normalized spacial score (nSPS) is 18.1. The lowest BCUT2D eigenvalue weighted by Crippen LogP contribution is -2.23. The zero-order chi connectivity index (χ0) is 23.9. The van der Waals surface area contributed by atoms with Crippen molar-refractivity contribution >= 4 is 17.7 Å². The van der Waals surface area contributed by atoms with Crippen LogP contribution in [0.3, 0.4) is 0 Å². The van der Waals surface area contributed by atoms with Crippen LogP contribution in [0.5, 0.6) is 5.75 Å². The molecule has 1 aliphatic rings. The number of nitrogens with zero attached hydrogens (tertiary/aromatic N) is 2. The first-order valence-corrected chi connectivity index (χ1v) is 12.9. The van der Waals surface area contributed by atoms with Crippen molar-refractivity contribution in [3.8, 4) is 28.1 Å². The van der Waals surface area contributed by atoms with Crippen LogP contribution in [-0.4, -0.2) is 44.9 Å². The van der Waals surface area contributed by atoms with Crippen LogP contribution in [-0.2, 0) is 16.1 Å². The molecule has 1 saturated carbocycles. The van der Waals surface area contributed by atoms with Gasteiger partial charge in [-0.15, -0.1) is 11.8 Å². The molecule has 2 N–H and O–H groups in total. The third-order valence-corrected chi connectivity index (χ3v) is 7.32. The van der Waals surface area contributed by atoms with Crippen molar-refractivity contribution in [3.05, 3.63) is 54.6 Å². The highest BCUT2D eigenvalue weighted by Gasteiger charge is 2.26. The number of hydrogen-bond donors (Lipinski definition) is 2. The molecule has 1 fully saturated rings. The molecular weight excluding hydrogens is 448 g/mol. The van der Waals surface area contributed by atoms with E-state index in [0.29, 0.717) is 18.4 Å². The number of carboxylic acids is 1. The largest absolute Gasteiger partial charge is 0.508 e. The first-order valence-electron chi connectivity index (χ1n) is 11.9. The summed E-state index contributed by atoms with van der Waals surface area (Å²) in [7, 11) is 0. The number of carboxylic acid groups (broad SMARTS) is 1. The summed E-state index contributed by atoms with van der Waals surface area (Å²) in [6.45, 7) is 3.31. The highest BCUT2D eigenvalue weighted by atomic mass is 32.2. The molecule has 1 heterocycles. The number of thioether (sulfide) groups is 1. The van der Waals surface area contributed by atoms with Crippen LogP contribution in [0.15, 0.2) is 59.6 Å². The van der Waals surface area contributed by atoms with Gasteiger partial charge in [-0.05, 0) is 61.0 Å². The van der Waals surface area contributed by atoms with E-state index in [9.17, 15) is 9.90 Å². The molecule has 1 aliphatic carbocycles. The van der Waals surface area contributed by atoms with Gasteiger partial charge >= 0.3 is 5.97 Å². The van der Waals surface area contributed by atoms with Gasteiger partial charge in [-0.25, -0.2) is 4.79 Å². The first-order chi connectivity index (χ1) is 16.5. The van der Waals surface area contributed by atoms with Crippen molar-refractivity contribution in [1.82, 2.24) is 9.78 Å². The Morgan fingerprint density at radius 1 is 1.06 bits per heavy atom. The zero-order valence-electron chi connectivity index (χ0n) is 19.5. The molecule has 3 aromatic rings. The van der Waals surface area contributed by atoms with Crippen LogP contribution in [0, 0.1) is 11.8 Å². The molecule has 0 saturated heterocycles. The van der Waals surface area contributed by atoms with E-state index in [2.05, 4.69) is 23.7 Å². The maximum absolute atomic E-state index is 10.7. The SMILES string of the molecule is CCSc1c(-c2cccc(O)c2)c(-c2ccccc2)nn1C[C@H]1CC[C@@H](COCC(=O)O)CC1. The van der Waals surface area contributed by atoms with E-state index < -0.39 is 5.97 Å². The molecular formula is C27H32N2O4S. The molecule has 0 radical (unpaired) electrons. The Labute approximate surface area is 205 Å². The fourth-order valence-electron chi connectivity index (χ4n) is 4.71. The predicted molar refractivity (Wildman–Crippen MR) is 135 cm³/mol. The van der Waals surface area contributed by atoms with Gasteiger partial charge in [0.15, 0.2) is 0 Å². The smallest absolute Gasteiger partial charge is 0.329 e. The molecule has 180 valence electrons. The highest BCUT2D eigenvalue weighted by molar-refractivity contribution is 7.99. The Bertz CT molecular complexity index is 1090. The van der Waals surface area contributed by atoms with E-state index in [1.807, 2.05) is 36.4 Å². The quantitative estimate of drug-likeness (QED) is 0.349. The second kappa shape index (κ2) is 11.6. The lowest BCUT2D eigenvalue weighted by molar-refractivity contribution is -0.142. The van der Waals surface area contributed by atoms with Crippen molar-refractivity contribution in [2.24, 2.45) is 11.8 Å². The van der Waals surface area contributed by atoms with E-state index in [-0.39, 0.29) is 12.4 Å². The van der Waals surface area contributed by atoms with Crippen LogP contribution in [0.25, 0.3) is 22.4 Å². The standard InChI is InChI=1S/C27H32N2O4S/c1-2-34-27-25(22-9-6-10-23(30)15-22)26(21-7-4-3-5-8-21)28-29(27)16-19-11-13-20(14-12-19)17-33-18-24(31)32/h3-10,15,19-20,30H,2,11-14,16-18H2,1H3,(H,31,32)/t19-,20+. The monoisotopic (exact) mass is 480 g/mol. The van der Waals surface area contributed by atoms with Gasteiger partial charge in [0.2, 0.25) is 0 Å². The molecule has 0 bridgehead atoms. The predicted octanol–water partition coefficient (Wildman–Crippen LogP) is 5.94. The van der Waals surface area contributed by atoms with Gasteiger partial charge < -0.3 is 14.9 Å². The second-order valence-corrected chi connectivity index (χ2v) is 10.1. The molecule has 0 amide bonds. The summed E-state index contributed by atoms with van der Waals surface area (Å²) in [6.07, 6.45) is 4.26. The van der Waals surface area contributed by atoms with Gasteiger partial charge in [-0.2, -0.15) is 5.10 Å². The number of hydrogen-bond acceptors (Lipinski definition) is 5. The molecule has 6 nitrogen and oxygen atoms in total. The fraction of sp³-hybridized carbons (Fsp3) is 0.407. The maximum atomic E-state index is 10.7. The summed E-state index contributed by atoms with van der Waals surface area (Å²) in [5.41, 5.74) is 4.06. The van der Waals surface area contributed by atoms with E-state index in [1.54, 1.807) is 17.8 Å². The Morgan fingerprint density at radius 2 is 1.76 bits per heavy atom. The molecule has 7 heteroatoms. The number of carbonyl (C=O) groups is 1. The average molecular weight is 481 g/mol. The number of aromatic nitrogens is 2. The number of aromatic hydroxyl groups is 1. The van der Waals surface area contributed by atoms with Gasteiger partial charge in [0, 0.05) is 17.7 Å². The Hall–Kier alpha value is -2.77. The summed E-state index contributed by atoms with van der Waals surface area (Å²) >= 11 is 1.79. The minimum Gasteiger partial charge on any atom is -0.508 e. The summed E-state index contributed by atoms with van der Waals surface area (Å²) in [5, 5.41) is 25.2. The fourth-order valence-corrected chi connectivity index (χ4v) is 5.61. The van der Waals surface area contributed by atoms with Crippen LogP contribution in [0.1, 0.15) is 32.6 Å². The van der Waals surface area contributed by atoms with E-state index in [0.717, 1.165) is 65.4 Å². The maximum Gasteiger partial charge on any atom is 0.329 e. The van der Waals surface area contributed by atoms with Gasteiger partial charge in [0.1, 0.15) is 23.1 Å². The number of benzene rings is 2. The minimum atomic E-state index is -0.912. The van der Waals surface area contributed by atoms with Crippen LogP contribution in [0.2, 0.25) is 0 Å². The zero-order valence-corrected chi connectivity index (χ0v) is 20.3. The Morgan fingerprint density at radius 3 is 2.44 bits per heavy atom. The van der Waals surface area contributed by atoms with E-state index >= 15 is 0 Å². The lowest BCUT2D eigenvalue weighted by Gasteiger charge is -2.28. The van der Waals surface area contributed by atoms with Crippen molar-refractivity contribution in [2.75, 3.05) is 19.0 Å². The number of rotatable bonds is 10. The summed E-state index contributed by atoms with van der Waals surface area (Å²) < 4.78 is 7.49. The van der Waals surface area contributed by atoms with Crippen LogP contribution >= 0.6 is 11.8 Å². The molecule has 1 aromatic heterocycles. The molecule has 4 rings (SSSR count). The van der Waals surface area contributed by atoms with Crippen molar-refractivity contribution in [1.29, 1.82) is 0 Å².